The molecule has 114 valence electrons. The van der Waals surface area contributed by atoms with Crippen LogP contribution >= 0.6 is 23.4 Å². The van der Waals surface area contributed by atoms with Gasteiger partial charge in [0.05, 0.1) is 0 Å². The highest BCUT2D eigenvalue weighted by Gasteiger charge is 2.34. The smallest absolute Gasteiger partial charge is 0.405 e. The Morgan fingerprint density at radius 1 is 1.10 bits per heavy atom. The number of thioether (sulfide) groups is 1. The van der Waals surface area contributed by atoms with E-state index < -0.39 is 29.4 Å². The Morgan fingerprint density at radius 3 is 2.25 bits per heavy atom. The van der Waals surface area contributed by atoms with Gasteiger partial charge in [0.15, 0.2) is 0 Å². The first-order chi connectivity index (χ1) is 9.12. The Hall–Kier alpha value is -0.760. The fourth-order valence-electron chi connectivity index (χ4n) is 1.48. The molecule has 0 amide bonds. The van der Waals surface area contributed by atoms with Crippen molar-refractivity contribution < 1.29 is 31.1 Å². The van der Waals surface area contributed by atoms with Gasteiger partial charge in [-0.2, -0.15) is 13.2 Å². The molecule has 9 heteroatoms. The first-order valence-electron chi connectivity index (χ1n) is 5.32. The van der Waals surface area contributed by atoms with Crippen molar-refractivity contribution in [2.45, 2.75) is 29.6 Å². The van der Waals surface area contributed by atoms with Crippen LogP contribution < -0.4 is 4.74 Å². The maximum absolute atomic E-state index is 12.4. The third-order valence-corrected chi connectivity index (χ3v) is 3.20. The highest BCUT2D eigenvalue weighted by molar-refractivity contribution is 8.00. The van der Waals surface area contributed by atoms with Crippen molar-refractivity contribution in [3.63, 3.8) is 0 Å². The summed E-state index contributed by atoms with van der Waals surface area (Å²) in [5.41, 5.74) is -4.74. The summed E-state index contributed by atoms with van der Waals surface area (Å²) in [5, 5.41) is 0. The normalized spacial score (nSPS) is 12.6. The minimum Gasteiger partial charge on any atom is -0.405 e. The van der Waals surface area contributed by atoms with E-state index >= 15 is 0 Å². The van der Waals surface area contributed by atoms with Crippen LogP contribution in [0.3, 0.4) is 0 Å². The highest BCUT2D eigenvalue weighted by Crippen LogP contribution is 2.42. The number of benzene rings is 1. The number of rotatable bonds is 5. The van der Waals surface area contributed by atoms with E-state index in [1.54, 1.807) is 0 Å². The SMILES string of the molecule is FC(F)(F)Oc1cccc(SC(F)(F)F)c1CCCCl. The van der Waals surface area contributed by atoms with E-state index in [0.29, 0.717) is 0 Å². The Kier molecular flexibility index (Phi) is 5.88. The van der Waals surface area contributed by atoms with Crippen molar-refractivity contribution in [1.29, 1.82) is 0 Å². The van der Waals surface area contributed by atoms with Crippen molar-refractivity contribution in [2.75, 3.05) is 5.88 Å². The third-order valence-electron chi connectivity index (χ3n) is 2.10. The second kappa shape index (κ2) is 6.80. The van der Waals surface area contributed by atoms with Gasteiger partial charge in [0, 0.05) is 16.3 Å². The zero-order chi connectivity index (χ0) is 15.4. The zero-order valence-electron chi connectivity index (χ0n) is 9.82. The molecule has 0 aliphatic heterocycles. The van der Waals surface area contributed by atoms with Gasteiger partial charge in [0.25, 0.3) is 0 Å². The van der Waals surface area contributed by atoms with Crippen LogP contribution in [0.2, 0.25) is 0 Å². The standard InChI is InChI=1S/C11H9ClF6OS/c12-6-2-3-7-8(19-10(13,14)15)4-1-5-9(7)20-11(16,17)18/h1,4-5H,2-3,6H2. The van der Waals surface area contributed by atoms with Gasteiger partial charge >= 0.3 is 11.9 Å². The third kappa shape index (κ3) is 6.13. The largest absolute Gasteiger partial charge is 0.573 e. The van der Waals surface area contributed by atoms with Gasteiger partial charge in [-0.15, -0.1) is 24.8 Å². The molecule has 20 heavy (non-hydrogen) atoms. The van der Waals surface area contributed by atoms with Crippen LogP contribution in [0, 0.1) is 0 Å². The van der Waals surface area contributed by atoms with Gasteiger partial charge in [-0.25, -0.2) is 0 Å². The van der Waals surface area contributed by atoms with Crippen molar-refractivity contribution >= 4 is 23.4 Å². The molecule has 0 saturated heterocycles. The molecule has 0 N–H and O–H groups in total. The lowest BCUT2D eigenvalue weighted by Crippen LogP contribution is -2.18. The molecule has 0 atom stereocenters. The molecular formula is C11H9ClF6OS. The molecule has 0 fully saturated rings. The summed E-state index contributed by atoms with van der Waals surface area (Å²) < 4.78 is 77.6. The number of alkyl halides is 7. The van der Waals surface area contributed by atoms with E-state index in [1.165, 1.54) is 0 Å². The second-order valence-corrected chi connectivity index (χ2v) is 5.11. The molecule has 0 spiro atoms. The van der Waals surface area contributed by atoms with Crippen LogP contribution in [0.1, 0.15) is 12.0 Å². The lowest BCUT2D eigenvalue weighted by atomic mass is 10.1. The van der Waals surface area contributed by atoms with E-state index in [2.05, 4.69) is 4.74 Å². The molecule has 0 bridgehead atoms. The molecule has 1 rings (SSSR count). The Labute approximate surface area is 120 Å². The summed E-state index contributed by atoms with van der Waals surface area (Å²) in [6, 6.07) is 3.17. The maximum Gasteiger partial charge on any atom is 0.573 e. The number of hydrogen-bond donors (Lipinski definition) is 0. The molecule has 0 saturated carbocycles. The second-order valence-electron chi connectivity index (χ2n) is 3.62. The number of halogens is 7. The van der Waals surface area contributed by atoms with E-state index in [9.17, 15) is 26.3 Å². The van der Waals surface area contributed by atoms with E-state index in [0.717, 1.165) is 18.2 Å². The van der Waals surface area contributed by atoms with Gasteiger partial charge < -0.3 is 4.74 Å². The van der Waals surface area contributed by atoms with Crippen molar-refractivity contribution in [3.8, 4) is 5.75 Å². The van der Waals surface area contributed by atoms with E-state index in [4.69, 9.17) is 11.6 Å². The molecule has 0 aromatic heterocycles. The summed E-state index contributed by atoms with van der Waals surface area (Å²) >= 11 is 4.96. The molecule has 0 aliphatic rings. The van der Waals surface area contributed by atoms with Crippen LogP contribution in [0.4, 0.5) is 26.3 Å². The molecule has 0 aliphatic carbocycles. The van der Waals surface area contributed by atoms with Crippen LogP contribution in [0.25, 0.3) is 0 Å². The maximum atomic E-state index is 12.4. The van der Waals surface area contributed by atoms with E-state index in [-0.39, 0.29) is 29.2 Å². The number of hydrogen-bond acceptors (Lipinski definition) is 2. The van der Waals surface area contributed by atoms with Crippen LogP contribution in [-0.2, 0) is 6.42 Å². The molecular weight excluding hydrogens is 330 g/mol. The summed E-state index contributed by atoms with van der Waals surface area (Å²) in [4.78, 5) is -0.315. The minimum absolute atomic E-state index is 0.0336. The van der Waals surface area contributed by atoms with Gasteiger partial charge in [0.1, 0.15) is 5.75 Å². The zero-order valence-corrected chi connectivity index (χ0v) is 11.4. The summed E-state index contributed by atoms with van der Waals surface area (Å²) in [5.74, 6) is -0.506. The van der Waals surface area contributed by atoms with Crippen molar-refractivity contribution in [2.24, 2.45) is 0 Å². The average Bonchev–Trinajstić information content (AvgIpc) is 2.24. The first kappa shape index (κ1) is 17.3. The average molecular weight is 339 g/mol. The summed E-state index contributed by atoms with van der Waals surface area (Å²) in [7, 11) is 0. The molecule has 0 radical (unpaired) electrons. The molecule has 0 unspecified atom stereocenters. The van der Waals surface area contributed by atoms with Crippen molar-refractivity contribution in [1.82, 2.24) is 0 Å². The Morgan fingerprint density at radius 2 is 1.75 bits per heavy atom. The topological polar surface area (TPSA) is 9.23 Å². The van der Waals surface area contributed by atoms with E-state index in [1.807, 2.05) is 0 Å². The van der Waals surface area contributed by atoms with Crippen LogP contribution in [0.15, 0.2) is 23.1 Å². The monoisotopic (exact) mass is 338 g/mol. The quantitative estimate of drug-likeness (QED) is 0.405. The van der Waals surface area contributed by atoms with Gasteiger partial charge in [-0.3, -0.25) is 0 Å². The Balaban J connectivity index is 3.12. The van der Waals surface area contributed by atoms with Crippen LogP contribution in [0.5, 0.6) is 5.75 Å². The summed E-state index contributed by atoms with van der Waals surface area (Å²) in [6.45, 7) is 0. The minimum atomic E-state index is -4.96. The lowest BCUT2D eigenvalue weighted by Gasteiger charge is -2.17. The first-order valence-corrected chi connectivity index (χ1v) is 6.67. The molecule has 1 nitrogen and oxygen atoms in total. The van der Waals surface area contributed by atoms with Gasteiger partial charge in [-0.05, 0) is 36.7 Å². The van der Waals surface area contributed by atoms with Crippen LogP contribution in [-0.4, -0.2) is 17.8 Å². The lowest BCUT2D eigenvalue weighted by molar-refractivity contribution is -0.275. The fraction of sp³-hybridized carbons (Fsp3) is 0.455. The molecule has 1 aromatic carbocycles. The van der Waals surface area contributed by atoms with Gasteiger partial charge in [-0.1, -0.05) is 6.07 Å². The fourth-order valence-corrected chi connectivity index (χ4v) is 2.33. The molecule has 1 aromatic rings. The number of ether oxygens (including phenoxy) is 1. The predicted octanol–water partition coefficient (Wildman–Crippen LogP) is 5.37. The Bertz CT molecular complexity index is 411. The highest BCUT2D eigenvalue weighted by atomic mass is 35.5. The van der Waals surface area contributed by atoms with Gasteiger partial charge in [0.2, 0.25) is 0 Å². The predicted molar refractivity (Wildman–Crippen MR) is 64.1 cm³/mol. The van der Waals surface area contributed by atoms with Crippen molar-refractivity contribution in [3.05, 3.63) is 23.8 Å². The molecule has 0 heterocycles. The summed E-state index contributed by atoms with van der Waals surface area (Å²) in [6.07, 6.45) is -4.75.